The number of ether oxygens (including phenoxy) is 1. The van der Waals surface area contributed by atoms with Crippen LogP contribution in [-0.2, 0) is 6.61 Å². The maximum atomic E-state index is 8.97. The molecule has 0 bridgehead atoms. The minimum atomic E-state index is -1.43. The molecule has 0 spiro atoms. The van der Waals surface area contributed by atoms with E-state index in [1.807, 2.05) is 25.1 Å². The molecule has 3 nitrogen and oxygen atoms in total. The van der Waals surface area contributed by atoms with Crippen LogP contribution in [0.3, 0.4) is 0 Å². The van der Waals surface area contributed by atoms with Crippen molar-refractivity contribution in [1.29, 1.82) is 0 Å². The second-order valence-corrected chi connectivity index (χ2v) is 4.22. The number of aryl methyl sites for hydroxylation is 1. The van der Waals surface area contributed by atoms with Crippen molar-refractivity contribution in [3.05, 3.63) is 59.7 Å². The van der Waals surface area contributed by atoms with Crippen LogP contribution in [0.15, 0.2) is 48.5 Å². The van der Waals surface area contributed by atoms with Gasteiger partial charge in [0.1, 0.15) is 12.4 Å². The maximum absolute atomic E-state index is 8.97. The van der Waals surface area contributed by atoms with E-state index in [0.717, 1.165) is 5.56 Å². The SMILES string of the molecule is Cc1cccc(COc2ccc(B(O)O)cc2)c1. The average molecular weight is 242 g/mol. The Morgan fingerprint density at radius 2 is 1.78 bits per heavy atom. The van der Waals surface area contributed by atoms with Crippen molar-refractivity contribution in [3.63, 3.8) is 0 Å². The second-order valence-electron chi connectivity index (χ2n) is 4.22. The quantitative estimate of drug-likeness (QED) is 0.793. The van der Waals surface area contributed by atoms with Gasteiger partial charge in [0.2, 0.25) is 0 Å². The van der Waals surface area contributed by atoms with Crippen LogP contribution in [0.2, 0.25) is 0 Å². The summed E-state index contributed by atoms with van der Waals surface area (Å²) in [5.41, 5.74) is 2.77. The molecular formula is C14H15BO3. The molecule has 18 heavy (non-hydrogen) atoms. The summed E-state index contributed by atoms with van der Waals surface area (Å²) in [4.78, 5) is 0. The maximum Gasteiger partial charge on any atom is 0.488 e. The summed E-state index contributed by atoms with van der Waals surface area (Å²) in [7, 11) is -1.43. The van der Waals surface area contributed by atoms with Gasteiger partial charge in [0.15, 0.2) is 0 Å². The highest BCUT2D eigenvalue weighted by atomic mass is 16.5. The van der Waals surface area contributed by atoms with Gasteiger partial charge in [-0.3, -0.25) is 0 Å². The number of rotatable bonds is 4. The third kappa shape index (κ3) is 3.36. The standard InChI is InChI=1S/C14H15BO3/c1-11-3-2-4-12(9-11)10-18-14-7-5-13(6-8-14)15(16)17/h2-9,16-17H,10H2,1H3. The Morgan fingerprint density at radius 1 is 1.06 bits per heavy atom. The van der Waals surface area contributed by atoms with Gasteiger partial charge in [-0.1, -0.05) is 42.0 Å². The molecule has 0 saturated carbocycles. The van der Waals surface area contributed by atoms with Crippen LogP contribution in [0.1, 0.15) is 11.1 Å². The Kier molecular flexibility index (Phi) is 4.02. The third-order valence-electron chi connectivity index (χ3n) is 2.67. The topological polar surface area (TPSA) is 49.7 Å². The monoisotopic (exact) mass is 242 g/mol. The summed E-state index contributed by atoms with van der Waals surface area (Å²) >= 11 is 0. The van der Waals surface area contributed by atoms with E-state index < -0.39 is 7.12 Å². The molecule has 0 aliphatic rings. The molecule has 0 aromatic heterocycles. The molecule has 4 heteroatoms. The van der Waals surface area contributed by atoms with Crippen LogP contribution < -0.4 is 10.2 Å². The van der Waals surface area contributed by atoms with E-state index in [9.17, 15) is 0 Å². The zero-order chi connectivity index (χ0) is 13.0. The van der Waals surface area contributed by atoms with Gasteiger partial charge in [-0.25, -0.2) is 0 Å². The number of hydrogen-bond donors (Lipinski definition) is 2. The molecule has 2 aromatic rings. The van der Waals surface area contributed by atoms with Crippen LogP contribution in [0.5, 0.6) is 5.75 Å². The molecule has 0 saturated heterocycles. The molecule has 0 atom stereocenters. The van der Waals surface area contributed by atoms with Crippen LogP contribution in [-0.4, -0.2) is 17.2 Å². The van der Waals surface area contributed by atoms with Crippen molar-refractivity contribution in [2.45, 2.75) is 13.5 Å². The molecule has 0 aliphatic carbocycles. The van der Waals surface area contributed by atoms with E-state index in [-0.39, 0.29) is 0 Å². The lowest BCUT2D eigenvalue weighted by atomic mass is 9.80. The van der Waals surface area contributed by atoms with Gasteiger partial charge in [0.25, 0.3) is 0 Å². The predicted octanol–water partition coefficient (Wildman–Crippen LogP) is 1.25. The van der Waals surface area contributed by atoms with Gasteiger partial charge in [-0.15, -0.1) is 0 Å². The van der Waals surface area contributed by atoms with Crippen LogP contribution in [0, 0.1) is 6.92 Å². The van der Waals surface area contributed by atoms with E-state index in [1.54, 1.807) is 24.3 Å². The van der Waals surface area contributed by atoms with Gasteiger partial charge in [0.05, 0.1) is 0 Å². The minimum Gasteiger partial charge on any atom is -0.489 e. The lowest BCUT2D eigenvalue weighted by Crippen LogP contribution is -2.29. The molecule has 0 radical (unpaired) electrons. The Morgan fingerprint density at radius 3 is 2.39 bits per heavy atom. The summed E-state index contributed by atoms with van der Waals surface area (Å²) in [6, 6.07) is 14.9. The highest BCUT2D eigenvalue weighted by molar-refractivity contribution is 6.58. The highest BCUT2D eigenvalue weighted by Crippen LogP contribution is 2.12. The fraction of sp³-hybridized carbons (Fsp3) is 0.143. The van der Waals surface area contributed by atoms with Crippen molar-refractivity contribution in [2.24, 2.45) is 0 Å². The first-order valence-electron chi connectivity index (χ1n) is 5.79. The van der Waals surface area contributed by atoms with Crippen LogP contribution in [0.25, 0.3) is 0 Å². The van der Waals surface area contributed by atoms with Gasteiger partial charge in [-0.2, -0.15) is 0 Å². The molecule has 0 amide bonds. The summed E-state index contributed by atoms with van der Waals surface area (Å²) in [6.07, 6.45) is 0. The molecule has 92 valence electrons. The van der Waals surface area contributed by atoms with Crippen molar-refractivity contribution >= 4 is 12.6 Å². The molecule has 2 N–H and O–H groups in total. The molecule has 0 heterocycles. The second kappa shape index (κ2) is 5.71. The van der Waals surface area contributed by atoms with Crippen LogP contribution >= 0.6 is 0 Å². The molecule has 2 aromatic carbocycles. The molecule has 0 aliphatic heterocycles. The predicted molar refractivity (Wildman–Crippen MR) is 71.8 cm³/mol. The van der Waals surface area contributed by atoms with Crippen LogP contribution in [0.4, 0.5) is 0 Å². The van der Waals surface area contributed by atoms with Gasteiger partial charge >= 0.3 is 7.12 Å². The lowest BCUT2D eigenvalue weighted by molar-refractivity contribution is 0.306. The first-order valence-corrected chi connectivity index (χ1v) is 5.79. The van der Waals surface area contributed by atoms with E-state index in [0.29, 0.717) is 17.8 Å². The zero-order valence-electron chi connectivity index (χ0n) is 10.2. The Hall–Kier alpha value is -1.78. The van der Waals surface area contributed by atoms with E-state index in [1.165, 1.54) is 5.56 Å². The lowest BCUT2D eigenvalue weighted by Gasteiger charge is -2.07. The van der Waals surface area contributed by atoms with E-state index >= 15 is 0 Å². The van der Waals surface area contributed by atoms with Gasteiger partial charge < -0.3 is 14.8 Å². The highest BCUT2D eigenvalue weighted by Gasteiger charge is 2.09. The summed E-state index contributed by atoms with van der Waals surface area (Å²) < 4.78 is 5.62. The average Bonchev–Trinajstić information content (AvgIpc) is 2.37. The Labute approximate surface area is 107 Å². The van der Waals surface area contributed by atoms with Crippen molar-refractivity contribution in [2.75, 3.05) is 0 Å². The Balaban J connectivity index is 1.98. The van der Waals surface area contributed by atoms with Crippen molar-refractivity contribution in [3.8, 4) is 5.75 Å². The molecule has 2 rings (SSSR count). The van der Waals surface area contributed by atoms with Crippen molar-refractivity contribution < 1.29 is 14.8 Å². The summed E-state index contributed by atoms with van der Waals surface area (Å²) in [5.74, 6) is 0.709. The largest absolute Gasteiger partial charge is 0.489 e. The fourth-order valence-electron chi connectivity index (χ4n) is 1.70. The molecule has 0 fully saturated rings. The fourth-order valence-corrected chi connectivity index (χ4v) is 1.70. The Bertz CT molecular complexity index is 509. The number of benzene rings is 2. The molecular weight excluding hydrogens is 227 g/mol. The van der Waals surface area contributed by atoms with E-state index in [2.05, 4.69) is 6.07 Å². The van der Waals surface area contributed by atoms with E-state index in [4.69, 9.17) is 14.8 Å². The first kappa shape index (κ1) is 12.7. The van der Waals surface area contributed by atoms with Gasteiger partial charge in [0, 0.05) is 0 Å². The minimum absolute atomic E-state index is 0.456. The summed E-state index contributed by atoms with van der Waals surface area (Å²) in [6.45, 7) is 2.55. The van der Waals surface area contributed by atoms with Crippen molar-refractivity contribution in [1.82, 2.24) is 0 Å². The smallest absolute Gasteiger partial charge is 0.488 e. The third-order valence-corrected chi connectivity index (χ3v) is 2.67. The normalized spacial score (nSPS) is 10.2. The number of hydrogen-bond acceptors (Lipinski definition) is 3. The summed E-state index contributed by atoms with van der Waals surface area (Å²) in [5, 5.41) is 17.9. The first-order chi connectivity index (χ1) is 8.65. The zero-order valence-corrected chi connectivity index (χ0v) is 10.2. The van der Waals surface area contributed by atoms with Gasteiger partial charge in [-0.05, 0) is 30.1 Å². The molecule has 0 unspecified atom stereocenters.